The minimum absolute atomic E-state index is 0.0591. The Bertz CT molecular complexity index is 1250. The van der Waals surface area contributed by atoms with Gasteiger partial charge in [-0.1, -0.05) is 36.4 Å². The highest BCUT2D eigenvalue weighted by molar-refractivity contribution is 6.16. The fraction of sp³-hybridized carbons (Fsp3) is 0.143. The number of carbonyl (C=O) groups excluding carboxylic acids is 2. The molecule has 0 fully saturated rings. The van der Waals surface area contributed by atoms with E-state index in [-0.39, 0.29) is 25.3 Å². The maximum Gasteiger partial charge on any atom is 0.317 e. The quantitative estimate of drug-likeness (QED) is 0.339. The number of nitrogens with zero attached hydrogens (tertiary/aromatic N) is 3. The Kier molecular flexibility index (Phi) is 5.04. The molecule has 0 atom stereocenters. The van der Waals surface area contributed by atoms with Crippen LogP contribution in [0.5, 0.6) is 5.75 Å². The molecule has 0 unspecified atom stereocenters. The summed E-state index contributed by atoms with van der Waals surface area (Å²) in [6, 6.07) is 14.0. The monoisotopic (exact) mass is 421 g/mol. The fourth-order valence-corrected chi connectivity index (χ4v) is 3.58. The van der Waals surface area contributed by atoms with E-state index in [9.17, 15) is 29.8 Å². The van der Waals surface area contributed by atoms with Gasteiger partial charge in [-0.25, -0.2) is 0 Å². The number of rotatable bonds is 6. The van der Waals surface area contributed by atoms with E-state index in [0.717, 1.165) is 33.9 Å². The number of amides is 2. The molecule has 10 heteroatoms. The molecule has 0 bridgehead atoms. The van der Waals surface area contributed by atoms with E-state index in [1.54, 1.807) is 6.07 Å². The van der Waals surface area contributed by atoms with Crippen molar-refractivity contribution < 1.29 is 24.2 Å². The summed E-state index contributed by atoms with van der Waals surface area (Å²) in [7, 11) is 0. The molecular weight excluding hydrogens is 406 g/mol. The third-order valence-corrected chi connectivity index (χ3v) is 5.04. The summed E-state index contributed by atoms with van der Waals surface area (Å²) < 4.78 is 5.40. The minimum Gasteiger partial charge on any atom is -0.485 e. The summed E-state index contributed by atoms with van der Waals surface area (Å²) in [5.74, 6) is -1.03. The van der Waals surface area contributed by atoms with Gasteiger partial charge in [0, 0.05) is 6.07 Å². The number of hydrogen-bond acceptors (Lipinski definition) is 7. The largest absolute Gasteiger partial charge is 0.485 e. The molecule has 0 aromatic heterocycles. The summed E-state index contributed by atoms with van der Waals surface area (Å²) in [6.45, 7) is -0.315. The van der Waals surface area contributed by atoms with Crippen molar-refractivity contribution in [1.29, 1.82) is 0 Å². The molecule has 0 spiro atoms. The first kappa shape index (κ1) is 20.0. The zero-order valence-corrected chi connectivity index (χ0v) is 16.0. The predicted octanol–water partition coefficient (Wildman–Crippen LogP) is 3.26. The average Bonchev–Trinajstić information content (AvgIpc) is 2.75. The number of imide groups is 1. The van der Waals surface area contributed by atoms with Gasteiger partial charge in [0.2, 0.25) is 5.91 Å². The fourth-order valence-electron chi connectivity index (χ4n) is 3.58. The van der Waals surface area contributed by atoms with Crippen LogP contribution in [0.15, 0.2) is 54.6 Å². The van der Waals surface area contributed by atoms with Crippen molar-refractivity contribution >= 4 is 34.0 Å². The van der Waals surface area contributed by atoms with Crippen molar-refractivity contribution in [2.75, 3.05) is 13.2 Å². The van der Waals surface area contributed by atoms with Crippen molar-refractivity contribution in [3.63, 3.8) is 0 Å². The number of hydrogen-bond donors (Lipinski definition) is 0. The van der Waals surface area contributed by atoms with E-state index < -0.39 is 33.0 Å². The molecule has 0 radical (unpaired) electrons. The second-order valence-corrected chi connectivity index (χ2v) is 6.86. The molecule has 0 saturated heterocycles. The molecule has 31 heavy (non-hydrogen) atoms. The van der Waals surface area contributed by atoms with Crippen LogP contribution in [0.2, 0.25) is 0 Å². The highest BCUT2D eigenvalue weighted by atomic mass is 16.6. The van der Waals surface area contributed by atoms with E-state index in [1.807, 2.05) is 30.3 Å². The molecule has 1 aliphatic rings. The van der Waals surface area contributed by atoms with Gasteiger partial charge in [-0.15, -0.1) is 0 Å². The van der Waals surface area contributed by atoms with Gasteiger partial charge in [0.25, 0.3) is 11.6 Å². The number of fused-ring (bicyclic) bond motifs is 3. The van der Waals surface area contributed by atoms with Gasteiger partial charge >= 0.3 is 5.69 Å². The zero-order valence-electron chi connectivity index (χ0n) is 16.0. The summed E-state index contributed by atoms with van der Waals surface area (Å²) >= 11 is 0. The standard InChI is InChI=1S/C21H15N3O7/c25-19-11-14-6-5-13-3-1-2-4-16(13)20(14)21(26)22(19)9-10-31-18-8-7-15(23(27)28)12-17(18)24(29)30/h1-8,12H,9-11H2. The molecule has 156 valence electrons. The number of carbonyl (C=O) groups is 2. The molecule has 1 aliphatic heterocycles. The lowest BCUT2D eigenvalue weighted by Gasteiger charge is -2.27. The molecule has 3 aromatic carbocycles. The first-order chi connectivity index (χ1) is 14.9. The van der Waals surface area contributed by atoms with Gasteiger partial charge in [0.05, 0.1) is 34.4 Å². The molecular formula is C21H15N3O7. The summed E-state index contributed by atoms with van der Waals surface area (Å²) in [6.07, 6.45) is 0.0591. The van der Waals surface area contributed by atoms with Gasteiger partial charge in [-0.2, -0.15) is 0 Å². The maximum absolute atomic E-state index is 13.0. The summed E-state index contributed by atoms with van der Waals surface area (Å²) in [5, 5.41) is 23.7. The molecule has 3 aromatic rings. The maximum atomic E-state index is 13.0. The third kappa shape index (κ3) is 3.66. The Morgan fingerprint density at radius 2 is 1.74 bits per heavy atom. The predicted molar refractivity (Wildman–Crippen MR) is 109 cm³/mol. The van der Waals surface area contributed by atoms with Crippen molar-refractivity contribution in [1.82, 2.24) is 4.90 Å². The van der Waals surface area contributed by atoms with E-state index in [4.69, 9.17) is 4.74 Å². The van der Waals surface area contributed by atoms with Crippen LogP contribution in [0.4, 0.5) is 11.4 Å². The van der Waals surface area contributed by atoms with Crippen LogP contribution in [0.3, 0.4) is 0 Å². The van der Waals surface area contributed by atoms with Crippen LogP contribution >= 0.6 is 0 Å². The topological polar surface area (TPSA) is 133 Å². The molecule has 1 heterocycles. The lowest BCUT2D eigenvalue weighted by atomic mass is 9.93. The van der Waals surface area contributed by atoms with Gasteiger partial charge in [0.1, 0.15) is 6.61 Å². The molecule has 2 amide bonds. The molecule has 10 nitrogen and oxygen atoms in total. The van der Waals surface area contributed by atoms with Crippen LogP contribution in [0.25, 0.3) is 10.8 Å². The molecule has 0 saturated carbocycles. The van der Waals surface area contributed by atoms with Crippen molar-refractivity contribution in [3.8, 4) is 5.75 Å². The Morgan fingerprint density at radius 3 is 2.48 bits per heavy atom. The lowest BCUT2D eigenvalue weighted by Crippen LogP contribution is -2.44. The van der Waals surface area contributed by atoms with Crippen molar-refractivity contribution in [3.05, 3.63) is 86.0 Å². The summed E-state index contributed by atoms with van der Waals surface area (Å²) in [5.41, 5.74) is 0.0987. The van der Waals surface area contributed by atoms with Crippen LogP contribution < -0.4 is 4.74 Å². The number of benzene rings is 3. The molecule has 0 N–H and O–H groups in total. The SMILES string of the molecule is O=C1Cc2ccc3ccccc3c2C(=O)N1CCOc1ccc([N+](=O)[O-])cc1[N+](=O)[O-]. The van der Waals surface area contributed by atoms with Gasteiger partial charge < -0.3 is 4.74 Å². The first-order valence-corrected chi connectivity index (χ1v) is 9.28. The normalized spacial score (nSPS) is 13.2. The van der Waals surface area contributed by atoms with E-state index in [2.05, 4.69) is 0 Å². The smallest absolute Gasteiger partial charge is 0.317 e. The highest BCUT2D eigenvalue weighted by Gasteiger charge is 2.32. The van der Waals surface area contributed by atoms with Crippen molar-refractivity contribution in [2.24, 2.45) is 0 Å². The van der Waals surface area contributed by atoms with Gasteiger partial charge in [-0.05, 0) is 22.4 Å². The van der Waals surface area contributed by atoms with Crippen LogP contribution in [-0.2, 0) is 11.2 Å². The third-order valence-electron chi connectivity index (χ3n) is 5.04. The summed E-state index contributed by atoms with van der Waals surface area (Å²) in [4.78, 5) is 47.1. The van der Waals surface area contributed by atoms with Gasteiger partial charge in [0.15, 0.2) is 5.75 Å². The Morgan fingerprint density at radius 1 is 0.968 bits per heavy atom. The zero-order chi connectivity index (χ0) is 22.1. The average molecular weight is 421 g/mol. The number of ether oxygens (including phenoxy) is 1. The second kappa shape index (κ2) is 7.82. The van der Waals surface area contributed by atoms with E-state index in [0.29, 0.717) is 11.1 Å². The number of nitro benzene ring substituents is 2. The number of nitro groups is 2. The molecule has 0 aliphatic carbocycles. The van der Waals surface area contributed by atoms with E-state index in [1.165, 1.54) is 0 Å². The van der Waals surface area contributed by atoms with Crippen LogP contribution in [0.1, 0.15) is 15.9 Å². The molecule has 4 rings (SSSR count). The Balaban J connectivity index is 1.54. The van der Waals surface area contributed by atoms with Crippen molar-refractivity contribution in [2.45, 2.75) is 6.42 Å². The van der Waals surface area contributed by atoms with E-state index >= 15 is 0 Å². The Hall–Kier alpha value is -4.34. The van der Waals surface area contributed by atoms with Gasteiger partial charge in [-0.3, -0.25) is 34.7 Å². The van der Waals surface area contributed by atoms with Crippen LogP contribution in [0, 0.1) is 20.2 Å². The lowest BCUT2D eigenvalue weighted by molar-refractivity contribution is -0.394. The van der Waals surface area contributed by atoms with Crippen LogP contribution in [-0.4, -0.2) is 39.7 Å². The minimum atomic E-state index is -0.790. The first-order valence-electron chi connectivity index (χ1n) is 9.28. The Labute approximate surface area is 174 Å². The second-order valence-electron chi connectivity index (χ2n) is 6.86. The number of non-ortho nitro benzene ring substituents is 1. The highest BCUT2D eigenvalue weighted by Crippen LogP contribution is 2.31.